The zero-order valence-corrected chi connectivity index (χ0v) is 18.0. The third-order valence-electron chi connectivity index (χ3n) is 4.74. The third kappa shape index (κ3) is 5.75. The van der Waals surface area contributed by atoms with Crippen LogP contribution in [0.2, 0.25) is 0 Å². The van der Waals surface area contributed by atoms with Crippen molar-refractivity contribution in [3.8, 4) is 0 Å². The maximum absolute atomic E-state index is 12.2. The number of aryl methyl sites for hydroxylation is 1. The topological polar surface area (TPSA) is 81.8 Å². The Morgan fingerprint density at radius 1 is 0.966 bits per heavy atom. The first-order valence-corrected chi connectivity index (χ1v) is 11.5. The maximum Gasteiger partial charge on any atom is 0.257 e. The summed E-state index contributed by atoms with van der Waals surface area (Å²) in [4.78, 5) is 14.4. The molecule has 9 heteroatoms. The number of rotatable bonds is 4. The molecule has 0 atom stereocenters. The van der Waals surface area contributed by atoms with Gasteiger partial charge in [0, 0.05) is 43.1 Å². The second kappa shape index (κ2) is 8.89. The van der Waals surface area contributed by atoms with Gasteiger partial charge >= 0.3 is 0 Å². The Bertz CT molecular complexity index is 981. The molecule has 0 bridgehead atoms. The third-order valence-corrected chi connectivity index (χ3v) is 6.25. The highest BCUT2D eigenvalue weighted by Crippen LogP contribution is 2.20. The first kappa shape index (κ1) is 21.2. The van der Waals surface area contributed by atoms with Gasteiger partial charge in [0.25, 0.3) is 5.91 Å². The van der Waals surface area contributed by atoms with E-state index in [-0.39, 0.29) is 11.0 Å². The fraction of sp³-hybridized carbons (Fsp3) is 0.300. The first-order valence-electron chi connectivity index (χ1n) is 9.21. The Hall–Kier alpha value is -2.49. The molecule has 0 aliphatic carbocycles. The molecule has 0 spiro atoms. The number of nitrogens with one attached hydrogen (secondary N) is 2. The summed E-state index contributed by atoms with van der Waals surface area (Å²) in [6.45, 7) is 4.21. The molecule has 1 amide bonds. The molecule has 2 aromatic rings. The van der Waals surface area contributed by atoms with E-state index in [4.69, 9.17) is 12.2 Å². The van der Waals surface area contributed by atoms with Crippen LogP contribution in [0.25, 0.3) is 0 Å². The van der Waals surface area contributed by atoms with E-state index in [0.717, 1.165) is 16.9 Å². The summed E-state index contributed by atoms with van der Waals surface area (Å²) in [5.41, 5.74) is 3.40. The van der Waals surface area contributed by atoms with E-state index >= 15 is 0 Å². The Morgan fingerprint density at radius 2 is 1.55 bits per heavy atom. The molecule has 0 aromatic heterocycles. The number of hydrogen-bond acceptors (Lipinski definition) is 5. The van der Waals surface area contributed by atoms with Crippen LogP contribution >= 0.6 is 12.2 Å². The number of carbonyl (C=O) groups is 1. The molecule has 0 unspecified atom stereocenters. The molecule has 0 radical (unpaired) electrons. The van der Waals surface area contributed by atoms with Gasteiger partial charge in [0.1, 0.15) is 0 Å². The van der Waals surface area contributed by atoms with Crippen molar-refractivity contribution >= 4 is 44.6 Å². The average Bonchev–Trinajstić information content (AvgIpc) is 2.68. The Balaban J connectivity index is 1.53. The quantitative estimate of drug-likeness (QED) is 0.721. The molecule has 2 aromatic carbocycles. The standard InChI is InChI=1S/C20H24N4O3S2/c1-15-3-5-16(6-4-15)19(25)22-20(28)21-17-7-9-18(10-8-17)23-11-13-24(14-12-23)29(2,26)27/h3-10H,11-14H2,1-2H3,(H2,21,22,25,28). The predicted octanol–water partition coefficient (Wildman–Crippen LogP) is 2.20. The van der Waals surface area contributed by atoms with E-state index < -0.39 is 10.0 Å². The highest BCUT2D eigenvalue weighted by atomic mass is 32.2. The summed E-state index contributed by atoms with van der Waals surface area (Å²) in [7, 11) is -3.14. The van der Waals surface area contributed by atoms with E-state index in [2.05, 4.69) is 15.5 Å². The van der Waals surface area contributed by atoms with E-state index in [1.807, 2.05) is 43.3 Å². The van der Waals surface area contributed by atoms with Crippen LogP contribution in [0, 0.1) is 6.92 Å². The van der Waals surface area contributed by atoms with Crippen molar-refractivity contribution in [1.82, 2.24) is 9.62 Å². The number of amides is 1. The van der Waals surface area contributed by atoms with Crippen LogP contribution in [0.5, 0.6) is 0 Å². The number of carbonyl (C=O) groups excluding carboxylic acids is 1. The number of nitrogens with zero attached hydrogens (tertiary/aromatic N) is 2. The number of anilines is 2. The Labute approximate surface area is 176 Å². The number of benzene rings is 2. The van der Waals surface area contributed by atoms with Gasteiger partial charge in [-0.3, -0.25) is 10.1 Å². The zero-order chi connectivity index (χ0) is 21.0. The molecule has 1 saturated heterocycles. The number of sulfonamides is 1. The van der Waals surface area contributed by atoms with Crippen molar-refractivity contribution in [2.45, 2.75) is 6.92 Å². The summed E-state index contributed by atoms with van der Waals surface area (Å²) in [6, 6.07) is 14.9. The molecule has 1 fully saturated rings. The lowest BCUT2D eigenvalue weighted by Crippen LogP contribution is -2.48. The molecule has 154 valence electrons. The van der Waals surface area contributed by atoms with Crippen LogP contribution in [0.4, 0.5) is 11.4 Å². The van der Waals surface area contributed by atoms with Crippen LogP contribution in [0.3, 0.4) is 0 Å². The summed E-state index contributed by atoms with van der Waals surface area (Å²) in [6.07, 6.45) is 1.24. The first-order chi connectivity index (χ1) is 13.7. The molecule has 0 saturated carbocycles. The minimum Gasteiger partial charge on any atom is -0.369 e. The predicted molar refractivity (Wildman–Crippen MR) is 120 cm³/mol. The van der Waals surface area contributed by atoms with Crippen molar-refractivity contribution in [3.63, 3.8) is 0 Å². The fourth-order valence-electron chi connectivity index (χ4n) is 3.08. The van der Waals surface area contributed by atoms with Gasteiger partial charge < -0.3 is 10.2 Å². The van der Waals surface area contributed by atoms with Crippen LogP contribution in [0.1, 0.15) is 15.9 Å². The summed E-state index contributed by atoms with van der Waals surface area (Å²) in [5, 5.41) is 5.90. The van der Waals surface area contributed by atoms with Gasteiger partial charge in [0.2, 0.25) is 10.0 Å². The monoisotopic (exact) mass is 432 g/mol. The molecule has 1 aliphatic rings. The second-order valence-electron chi connectivity index (χ2n) is 6.97. The second-order valence-corrected chi connectivity index (χ2v) is 9.36. The molecule has 1 heterocycles. The van der Waals surface area contributed by atoms with E-state index in [1.54, 1.807) is 12.1 Å². The van der Waals surface area contributed by atoms with Crippen LogP contribution in [0.15, 0.2) is 48.5 Å². The lowest BCUT2D eigenvalue weighted by molar-refractivity contribution is 0.0977. The number of hydrogen-bond donors (Lipinski definition) is 2. The number of piperazine rings is 1. The Morgan fingerprint density at radius 3 is 2.10 bits per heavy atom. The van der Waals surface area contributed by atoms with E-state index in [0.29, 0.717) is 31.7 Å². The summed E-state index contributed by atoms with van der Waals surface area (Å²) in [5.74, 6) is -0.261. The van der Waals surface area contributed by atoms with E-state index in [9.17, 15) is 13.2 Å². The summed E-state index contributed by atoms with van der Waals surface area (Å²) >= 11 is 5.23. The lowest BCUT2D eigenvalue weighted by Gasteiger charge is -2.34. The van der Waals surface area contributed by atoms with Gasteiger partial charge in [-0.2, -0.15) is 4.31 Å². The average molecular weight is 433 g/mol. The Kier molecular flexibility index (Phi) is 6.51. The van der Waals surface area contributed by atoms with Crippen LogP contribution in [-0.4, -0.2) is 56.2 Å². The van der Waals surface area contributed by atoms with Crippen molar-refractivity contribution in [1.29, 1.82) is 0 Å². The minimum atomic E-state index is -3.14. The van der Waals surface area contributed by atoms with Crippen molar-refractivity contribution in [3.05, 3.63) is 59.7 Å². The molecule has 2 N–H and O–H groups in total. The lowest BCUT2D eigenvalue weighted by atomic mass is 10.1. The highest BCUT2D eigenvalue weighted by Gasteiger charge is 2.23. The van der Waals surface area contributed by atoms with Gasteiger partial charge in [0.05, 0.1) is 6.26 Å². The van der Waals surface area contributed by atoms with Gasteiger partial charge in [-0.15, -0.1) is 0 Å². The minimum absolute atomic E-state index is 0.227. The molecule has 7 nitrogen and oxygen atoms in total. The van der Waals surface area contributed by atoms with Gasteiger partial charge in [0.15, 0.2) is 5.11 Å². The van der Waals surface area contributed by atoms with E-state index in [1.165, 1.54) is 10.6 Å². The SMILES string of the molecule is Cc1ccc(C(=O)NC(=S)Nc2ccc(N3CCN(S(C)(=O)=O)CC3)cc2)cc1. The van der Waals surface area contributed by atoms with Crippen molar-refractivity contribution < 1.29 is 13.2 Å². The van der Waals surface area contributed by atoms with Crippen LogP contribution < -0.4 is 15.5 Å². The molecule has 1 aliphatic heterocycles. The molecule has 29 heavy (non-hydrogen) atoms. The fourth-order valence-corrected chi connectivity index (χ4v) is 4.11. The number of thiocarbonyl (C=S) groups is 1. The molecule has 3 rings (SSSR count). The molecular formula is C20H24N4O3S2. The normalized spacial score (nSPS) is 15.0. The van der Waals surface area contributed by atoms with Crippen molar-refractivity contribution in [2.75, 3.05) is 42.7 Å². The smallest absolute Gasteiger partial charge is 0.257 e. The van der Waals surface area contributed by atoms with Gasteiger partial charge in [-0.1, -0.05) is 17.7 Å². The molecular weight excluding hydrogens is 408 g/mol. The highest BCUT2D eigenvalue weighted by molar-refractivity contribution is 7.88. The maximum atomic E-state index is 12.2. The van der Waals surface area contributed by atoms with Gasteiger partial charge in [-0.25, -0.2) is 8.42 Å². The van der Waals surface area contributed by atoms with Gasteiger partial charge in [-0.05, 0) is 55.5 Å². The largest absolute Gasteiger partial charge is 0.369 e. The zero-order valence-electron chi connectivity index (χ0n) is 16.4. The summed E-state index contributed by atoms with van der Waals surface area (Å²) < 4.78 is 24.7. The van der Waals surface area contributed by atoms with Crippen molar-refractivity contribution in [2.24, 2.45) is 0 Å². The van der Waals surface area contributed by atoms with Crippen LogP contribution in [-0.2, 0) is 10.0 Å².